The summed E-state index contributed by atoms with van der Waals surface area (Å²) in [6.45, 7) is 0.878. The highest BCUT2D eigenvalue weighted by molar-refractivity contribution is 7.89. The number of hydrogen-bond acceptors (Lipinski definition) is 5. The van der Waals surface area contributed by atoms with Crippen LogP contribution in [0, 0.1) is 0 Å². The second-order valence-corrected chi connectivity index (χ2v) is 7.44. The van der Waals surface area contributed by atoms with Crippen LogP contribution in [0.5, 0.6) is 0 Å². The van der Waals surface area contributed by atoms with Crippen LogP contribution in [0.2, 0.25) is 5.02 Å². The molecule has 1 heterocycles. The molecular weight excluding hydrogens is 328 g/mol. The predicted molar refractivity (Wildman–Crippen MR) is 83.6 cm³/mol. The zero-order valence-electron chi connectivity index (χ0n) is 12.5. The Labute approximate surface area is 135 Å². The van der Waals surface area contributed by atoms with Gasteiger partial charge in [-0.25, -0.2) is 13.2 Å². The van der Waals surface area contributed by atoms with Gasteiger partial charge in [-0.2, -0.15) is 4.31 Å². The molecule has 1 saturated heterocycles. The minimum Gasteiger partial charge on any atom is -0.465 e. The van der Waals surface area contributed by atoms with E-state index in [9.17, 15) is 13.2 Å². The maximum atomic E-state index is 12.7. The number of likely N-dealkylation sites (N-methyl/N-ethyl adjacent to an activating group) is 1. The summed E-state index contributed by atoms with van der Waals surface area (Å²) in [6, 6.07) is 4.22. The number of nitrogens with one attached hydrogen (secondary N) is 1. The fourth-order valence-corrected chi connectivity index (χ4v) is 4.53. The zero-order valence-corrected chi connectivity index (χ0v) is 14.1. The Balaban J connectivity index is 2.31. The number of benzene rings is 1. The monoisotopic (exact) mass is 346 g/mol. The number of hydrogen-bond donors (Lipinski definition) is 1. The van der Waals surface area contributed by atoms with Gasteiger partial charge in [-0.05, 0) is 38.1 Å². The van der Waals surface area contributed by atoms with Crippen LogP contribution in [-0.4, -0.2) is 52.0 Å². The Bertz CT molecular complexity index is 663. The van der Waals surface area contributed by atoms with E-state index in [0.717, 1.165) is 12.8 Å². The molecule has 8 heteroatoms. The second kappa shape index (κ2) is 6.95. The molecule has 0 aliphatic carbocycles. The van der Waals surface area contributed by atoms with Crippen LogP contribution < -0.4 is 5.32 Å². The van der Waals surface area contributed by atoms with Crippen LogP contribution >= 0.6 is 11.6 Å². The van der Waals surface area contributed by atoms with Crippen LogP contribution in [0.1, 0.15) is 23.2 Å². The van der Waals surface area contributed by atoms with Crippen molar-refractivity contribution in [3.05, 3.63) is 28.8 Å². The van der Waals surface area contributed by atoms with Crippen molar-refractivity contribution in [2.24, 2.45) is 0 Å². The molecule has 122 valence electrons. The van der Waals surface area contributed by atoms with E-state index >= 15 is 0 Å². The Hall–Kier alpha value is -1.15. The van der Waals surface area contributed by atoms with Crippen molar-refractivity contribution in [1.29, 1.82) is 0 Å². The van der Waals surface area contributed by atoms with Crippen LogP contribution in [0.15, 0.2) is 23.1 Å². The molecule has 0 bridgehead atoms. The Kier molecular flexibility index (Phi) is 5.44. The first-order valence-electron chi connectivity index (χ1n) is 6.95. The van der Waals surface area contributed by atoms with E-state index in [1.54, 1.807) is 0 Å². The molecule has 0 radical (unpaired) electrons. The van der Waals surface area contributed by atoms with Gasteiger partial charge in [-0.15, -0.1) is 0 Å². The van der Waals surface area contributed by atoms with Crippen molar-refractivity contribution in [2.75, 3.05) is 27.2 Å². The van der Waals surface area contributed by atoms with Gasteiger partial charge in [0.15, 0.2) is 0 Å². The summed E-state index contributed by atoms with van der Waals surface area (Å²) in [5.74, 6) is -0.556. The molecule has 1 fully saturated rings. The average Bonchev–Trinajstić information content (AvgIpc) is 2.53. The quantitative estimate of drug-likeness (QED) is 0.836. The van der Waals surface area contributed by atoms with Gasteiger partial charge >= 0.3 is 5.97 Å². The molecule has 6 nitrogen and oxygen atoms in total. The SMILES string of the molecule is CNC1CCCN(S(=O)(=O)c2ccc(C(=O)OC)cc2Cl)C1. The van der Waals surface area contributed by atoms with Gasteiger partial charge in [0.25, 0.3) is 0 Å². The van der Waals surface area contributed by atoms with Crippen LogP contribution in [0.3, 0.4) is 0 Å². The van der Waals surface area contributed by atoms with Crippen molar-refractivity contribution >= 4 is 27.6 Å². The van der Waals surface area contributed by atoms with Crippen molar-refractivity contribution in [1.82, 2.24) is 9.62 Å². The van der Waals surface area contributed by atoms with E-state index < -0.39 is 16.0 Å². The maximum Gasteiger partial charge on any atom is 0.337 e. The highest BCUT2D eigenvalue weighted by atomic mass is 35.5. The smallest absolute Gasteiger partial charge is 0.337 e. The number of halogens is 1. The van der Waals surface area contributed by atoms with Gasteiger partial charge < -0.3 is 10.1 Å². The molecule has 22 heavy (non-hydrogen) atoms. The molecule has 1 unspecified atom stereocenters. The Morgan fingerprint density at radius 3 is 2.77 bits per heavy atom. The number of nitrogens with zero attached hydrogens (tertiary/aromatic N) is 1. The first-order valence-corrected chi connectivity index (χ1v) is 8.77. The predicted octanol–water partition coefficient (Wildman–Crippen LogP) is 1.50. The van der Waals surface area contributed by atoms with E-state index in [-0.39, 0.29) is 21.5 Å². The van der Waals surface area contributed by atoms with Gasteiger partial charge in [0.1, 0.15) is 4.90 Å². The number of piperidine rings is 1. The molecule has 1 atom stereocenters. The number of ether oxygens (including phenoxy) is 1. The Morgan fingerprint density at radius 2 is 2.18 bits per heavy atom. The topological polar surface area (TPSA) is 75.7 Å². The Morgan fingerprint density at radius 1 is 1.45 bits per heavy atom. The summed E-state index contributed by atoms with van der Waals surface area (Å²) in [5, 5.41) is 3.13. The van der Waals surface area contributed by atoms with Crippen molar-refractivity contribution in [3.8, 4) is 0 Å². The van der Waals surface area contributed by atoms with Gasteiger partial charge in [0.2, 0.25) is 10.0 Å². The highest BCUT2D eigenvalue weighted by Gasteiger charge is 2.31. The standard InChI is InChI=1S/C14H19ClN2O4S/c1-16-11-4-3-7-17(9-11)22(19,20)13-6-5-10(8-12(13)15)14(18)21-2/h5-6,8,11,16H,3-4,7,9H2,1-2H3. The van der Waals surface area contributed by atoms with Gasteiger partial charge in [0.05, 0.1) is 17.7 Å². The van der Waals surface area contributed by atoms with E-state index in [2.05, 4.69) is 10.1 Å². The largest absolute Gasteiger partial charge is 0.465 e. The number of carbonyl (C=O) groups excluding carboxylic acids is 1. The van der Waals surface area contributed by atoms with E-state index in [4.69, 9.17) is 11.6 Å². The number of sulfonamides is 1. The lowest BCUT2D eigenvalue weighted by atomic mass is 10.1. The van der Waals surface area contributed by atoms with Crippen molar-refractivity contribution < 1.29 is 17.9 Å². The molecule has 0 amide bonds. The van der Waals surface area contributed by atoms with Crippen LogP contribution in [0.4, 0.5) is 0 Å². The van der Waals surface area contributed by atoms with Gasteiger partial charge in [-0.3, -0.25) is 0 Å². The molecule has 0 aromatic heterocycles. The summed E-state index contributed by atoms with van der Waals surface area (Å²) in [5.41, 5.74) is 0.221. The first-order chi connectivity index (χ1) is 10.4. The number of esters is 1. The lowest BCUT2D eigenvalue weighted by molar-refractivity contribution is 0.0600. The van der Waals surface area contributed by atoms with Crippen LogP contribution in [-0.2, 0) is 14.8 Å². The molecule has 1 N–H and O–H groups in total. The van der Waals surface area contributed by atoms with Gasteiger partial charge in [0, 0.05) is 19.1 Å². The number of methoxy groups -OCH3 is 1. The molecule has 0 spiro atoms. The minimum absolute atomic E-state index is 0.0126. The molecular formula is C14H19ClN2O4S. The van der Waals surface area contributed by atoms with E-state index in [1.807, 2.05) is 7.05 Å². The van der Waals surface area contributed by atoms with Crippen LogP contribution in [0.25, 0.3) is 0 Å². The first kappa shape index (κ1) is 17.2. The molecule has 1 aromatic rings. The molecule has 1 aliphatic rings. The normalized spacial score (nSPS) is 19.9. The van der Waals surface area contributed by atoms with Gasteiger partial charge in [-0.1, -0.05) is 11.6 Å². The summed E-state index contributed by atoms with van der Waals surface area (Å²) >= 11 is 6.08. The average molecular weight is 347 g/mol. The summed E-state index contributed by atoms with van der Waals surface area (Å²) in [6.07, 6.45) is 1.74. The minimum atomic E-state index is -3.68. The fraction of sp³-hybridized carbons (Fsp3) is 0.500. The summed E-state index contributed by atoms with van der Waals surface area (Å²) < 4.78 is 31.5. The number of rotatable bonds is 4. The third kappa shape index (κ3) is 3.43. The third-order valence-electron chi connectivity index (χ3n) is 3.76. The lowest BCUT2D eigenvalue weighted by Crippen LogP contribution is -2.46. The van der Waals surface area contributed by atoms with Crippen molar-refractivity contribution in [2.45, 2.75) is 23.8 Å². The van der Waals surface area contributed by atoms with E-state index in [0.29, 0.717) is 13.1 Å². The van der Waals surface area contributed by atoms with Crippen molar-refractivity contribution in [3.63, 3.8) is 0 Å². The third-order valence-corrected chi connectivity index (χ3v) is 6.11. The molecule has 1 aliphatic heterocycles. The highest BCUT2D eigenvalue weighted by Crippen LogP contribution is 2.28. The second-order valence-electron chi connectivity index (χ2n) is 5.13. The molecule has 2 rings (SSSR count). The molecule has 1 aromatic carbocycles. The zero-order chi connectivity index (χ0) is 16.3. The van der Waals surface area contributed by atoms with E-state index in [1.165, 1.54) is 29.6 Å². The lowest BCUT2D eigenvalue weighted by Gasteiger charge is -2.31. The summed E-state index contributed by atoms with van der Waals surface area (Å²) in [4.78, 5) is 11.5. The summed E-state index contributed by atoms with van der Waals surface area (Å²) in [7, 11) is -0.601. The molecule has 0 saturated carbocycles. The number of carbonyl (C=O) groups is 1. The fourth-order valence-electron chi connectivity index (χ4n) is 2.49. The maximum absolute atomic E-state index is 12.7.